The SMILES string of the molecule is [CH]C[C@@H]1c2[nH]c(cc3nc(cc4nc(cc5[nH]c6c2C(=O)N(CC(=O)CCCS(=O)(=O)C[C@@H](CCC(=O)c2ccc(OCCNC7=NCCCN7)cc2)C(=O)OC)C(=O)c6c5C)C(CC)=C4C)C(C=C)=C3C)[C@H]1C. The molecule has 0 spiro atoms. The molecule has 0 saturated heterocycles. The maximum absolute atomic E-state index is 14.9. The number of guanidine groups is 1. The number of amides is 2. The first-order chi connectivity index (χ1) is 35.5. The Hall–Kier alpha value is -7.21. The van der Waals surface area contributed by atoms with Crippen LogP contribution in [-0.2, 0) is 24.2 Å². The first-order valence-electron chi connectivity index (χ1n) is 25.2. The number of nitrogens with one attached hydrogen (secondary N) is 4. The van der Waals surface area contributed by atoms with Crippen LogP contribution >= 0.6 is 0 Å². The van der Waals surface area contributed by atoms with E-state index in [-0.39, 0.29) is 60.9 Å². The molecule has 1 aromatic carbocycles. The van der Waals surface area contributed by atoms with E-state index in [0.717, 1.165) is 76.9 Å². The first-order valence-corrected chi connectivity index (χ1v) is 27.0. The molecule has 2 amide bonds. The minimum Gasteiger partial charge on any atom is -0.492 e. The van der Waals surface area contributed by atoms with Gasteiger partial charge in [0.05, 0.1) is 77.0 Å². The van der Waals surface area contributed by atoms with Crippen molar-refractivity contribution in [1.82, 2.24) is 35.5 Å². The number of aromatic amines is 2. The highest BCUT2D eigenvalue weighted by Gasteiger charge is 2.41. The van der Waals surface area contributed by atoms with Gasteiger partial charge < -0.3 is 30.1 Å². The van der Waals surface area contributed by atoms with E-state index in [1.54, 1.807) is 37.3 Å². The van der Waals surface area contributed by atoms with Crippen molar-refractivity contribution in [3.63, 3.8) is 0 Å². The van der Waals surface area contributed by atoms with E-state index >= 15 is 0 Å². The highest BCUT2D eigenvalue weighted by atomic mass is 32.2. The second-order valence-electron chi connectivity index (χ2n) is 19.3. The predicted octanol–water partition coefficient (Wildman–Crippen LogP) is 7.92. The van der Waals surface area contributed by atoms with E-state index < -0.39 is 57.4 Å². The fourth-order valence-corrected chi connectivity index (χ4v) is 11.9. The first kappa shape index (κ1) is 53.1. The molecule has 8 rings (SSSR count). The number of H-pyrrole nitrogens is 2. The third kappa shape index (κ3) is 11.0. The van der Waals surface area contributed by atoms with Crippen LogP contribution in [-0.4, -0.2) is 120 Å². The van der Waals surface area contributed by atoms with E-state index in [9.17, 15) is 32.4 Å². The number of methoxy groups -OCH3 is 1. The quantitative estimate of drug-likeness (QED) is 0.0365. The molecule has 74 heavy (non-hydrogen) atoms. The molecule has 17 nitrogen and oxygen atoms in total. The summed E-state index contributed by atoms with van der Waals surface area (Å²) >= 11 is 0. The van der Waals surface area contributed by atoms with Crippen molar-refractivity contribution in [3.05, 3.63) is 118 Å². The van der Waals surface area contributed by atoms with Crippen LogP contribution in [0.2, 0.25) is 0 Å². The van der Waals surface area contributed by atoms with Crippen LogP contribution in [0.5, 0.6) is 5.75 Å². The number of imide groups is 1. The lowest BCUT2D eigenvalue weighted by molar-refractivity contribution is -0.144. The number of benzene rings is 1. The zero-order chi connectivity index (χ0) is 53.0. The number of rotatable bonds is 20. The molecule has 5 aliphatic heterocycles. The van der Waals surface area contributed by atoms with E-state index in [2.05, 4.69) is 32.2 Å². The molecule has 8 bridgehead atoms. The van der Waals surface area contributed by atoms with Gasteiger partial charge in [-0.1, -0.05) is 26.5 Å². The van der Waals surface area contributed by atoms with Gasteiger partial charge in [-0.05, 0) is 125 Å². The normalized spacial score (nSPS) is 17.4. The third-order valence-corrected chi connectivity index (χ3v) is 16.3. The maximum atomic E-state index is 14.9. The molecule has 7 heterocycles. The predicted molar refractivity (Wildman–Crippen MR) is 285 cm³/mol. The molecule has 0 saturated carbocycles. The van der Waals surface area contributed by atoms with Crippen LogP contribution in [0.1, 0.15) is 155 Å². The topological polar surface area (TPSA) is 235 Å². The van der Waals surface area contributed by atoms with Crippen LogP contribution in [0.3, 0.4) is 0 Å². The van der Waals surface area contributed by atoms with Crippen LogP contribution in [0.15, 0.2) is 60.1 Å². The van der Waals surface area contributed by atoms with Crippen molar-refractivity contribution in [3.8, 4) is 5.75 Å². The van der Waals surface area contributed by atoms with E-state index in [1.807, 2.05) is 45.9 Å². The van der Waals surface area contributed by atoms with Crippen molar-refractivity contribution < 1.29 is 41.9 Å². The zero-order valence-corrected chi connectivity index (χ0v) is 43.7. The number of Topliss-reactive ketones (excluding diaryl/α,β-unsaturated/α-hetero) is 2. The van der Waals surface area contributed by atoms with Gasteiger partial charge >= 0.3 is 5.97 Å². The average molecular weight is 1030 g/mol. The number of aromatic nitrogens is 4. The molecule has 4 N–H and O–H groups in total. The Bertz CT molecular complexity index is 3220. The van der Waals surface area contributed by atoms with Crippen molar-refractivity contribution in [1.29, 1.82) is 0 Å². The largest absolute Gasteiger partial charge is 0.492 e. The summed E-state index contributed by atoms with van der Waals surface area (Å²) < 4.78 is 37.7. The molecule has 0 aliphatic carbocycles. The van der Waals surface area contributed by atoms with E-state index in [0.29, 0.717) is 64.6 Å². The van der Waals surface area contributed by atoms with E-state index in [1.165, 1.54) is 0 Å². The van der Waals surface area contributed by atoms with Crippen LogP contribution in [0.4, 0.5) is 0 Å². The summed E-state index contributed by atoms with van der Waals surface area (Å²) in [6.07, 6.45) is 2.99. The highest BCUT2D eigenvalue weighted by molar-refractivity contribution is 7.91. The maximum Gasteiger partial charge on any atom is 0.309 e. The summed E-state index contributed by atoms with van der Waals surface area (Å²) in [7, 11) is -2.81. The smallest absolute Gasteiger partial charge is 0.309 e. The van der Waals surface area contributed by atoms with Gasteiger partial charge in [0, 0.05) is 65.8 Å². The lowest BCUT2D eigenvalue weighted by atomic mass is 9.86. The number of hydrogen-bond acceptors (Lipinski definition) is 14. The van der Waals surface area contributed by atoms with Gasteiger partial charge in [0.15, 0.2) is 27.4 Å². The molecule has 3 aromatic rings. The molecular formula is C56H64N8O9S. The number of carbonyl (C=O) groups is 5. The minimum atomic E-state index is -3.96. The number of fused-ring (bicyclic) bond motifs is 8. The van der Waals surface area contributed by atoms with Gasteiger partial charge in [-0.3, -0.25) is 33.9 Å². The molecule has 18 heteroatoms. The number of nitrogens with zero attached hydrogens (tertiary/aromatic N) is 4. The number of hydrogen-bond donors (Lipinski definition) is 4. The van der Waals surface area contributed by atoms with Gasteiger partial charge in [0.25, 0.3) is 11.8 Å². The Morgan fingerprint density at radius 2 is 1.70 bits per heavy atom. The molecule has 3 atom stereocenters. The van der Waals surface area contributed by atoms with Crippen LogP contribution in [0, 0.1) is 19.8 Å². The minimum absolute atomic E-state index is 0.0813. The van der Waals surface area contributed by atoms with Crippen molar-refractivity contribution in [2.75, 3.05) is 51.4 Å². The molecule has 2 aromatic heterocycles. The zero-order valence-electron chi connectivity index (χ0n) is 42.9. The molecule has 388 valence electrons. The summed E-state index contributed by atoms with van der Waals surface area (Å²) in [5.74, 6) is -4.45. The summed E-state index contributed by atoms with van der Waals surface area (Å²) in [6, 6.07) is 12.4. The molecule has 2 radical (unpaired) electrons. The summed E-state index contributed by atoms with van der Waals surface area (Å²) in [5.41, 5.74) is 10.1. The van der Waals surface area contributed by atoms with Gasteiger partial charge in [-0.25, -0.2) is 18.4 Å². The summed E-state index contributed by atoms with van der Waals surface area (Å²) in [6.45, 7) is 22.3. The number of aliphatic imine (C=N–C) groups is 1. The molecule has 5 aliphatic rings. The number of ketones is 2. The van der Waals surface area contributed by atoms with Gasteiger partial charge in [-0.15, -0.1) is 0 Å². The summed E-state index contributed by atoms with van der Waals surface area (Å²) in [5, 5.41) is 6.35. The Balaban J connectivity index is 0.979. The number of aryl methyl sites for hydroxylation is 1. The Morgan fingerprint density at radius 1 is 0.973 bits per heavy atom. The van der Waals surface area contributed by atoms with Crippen molar-refractivity contribution in [2.45, 2.75) is 91.4 Å². The molecule has 0 fully saturated rings. The molecule has 0 unspecified atom stereocenters. The lowest BCUT2D eigenvalue weighted by Crippen LogP contribution is -2.44. The third-order valence-electron chi connectivity index (χ3n) is 14.5. The van der Waals surface area contributed by atoms with Gasteiger partial charge in [0.2, 0.25) is 0 Å². The number of allylic oxidation sites excluding steroid dienone is 5. The van der Waals surface area contributed by atoms with Crippen LogP contribution in [0.25, 0.3) is 33.3 Å². The van der Waals surface area contributed by atoms with Crippen molar-refractivity contribution >= 4 is 78.5 Å². The molecular weight excluding hydrogens is 961 g/mol. The average Bonchev–Trinajstić information content (AvgIpc) is 4.08. The lowest BCUT2D eigenvalue weighted by Gasteiger charge is -2.26. The summed E-state index contributed by atoms with van der Waals surface area (Å²) in [4.78, 5) is 91.6. The fourth-order valence-electron chi connectivity index (χ4n) is 10.2. The number of carbonyl (C=O) groups excluding carboxylic acids is 5. The Labute approximate surface area is 432 Å². The van der Waals surface area contributed by atoms with Gasteiger partial charge in [-0.2, -0.15) is 0 Å². The fraction of sp³-hybridized carbons (Fsp3) is 0.411. The second kappa shape index (κ2) is 22.5. The van der Waals surface area contributed by atoms with Gasteiger partial charge in [0.1, 0.15) is 12.4 Å². The number of sulfone groups is 1. The Kier molecular flexibility index (Phi) is 16.1. The highest BCUT2D eigenvalue weighted by Crippen LogP contribution is 2.44. The van der Waals surface area contributed by atoms with Crippen LogP contribution < -0.4 is 15.4 Å². The standard InChI is InChI=1S/C56H64N8O9S/c1-9-39-31(4)42-26-44-33(6)41(11-3)51(62-44)50-52-49(34(7)45(63-52)28-47-40(10-2)32(5)43(61-47)27-46(39)60-42)53(67)64(54(50)68)29-37(65)14-12-25-74(70,71)30-36(55(69)72-8)17-20-48(66)35-15-18-38(19-16-35)73-24-23-59-56-57-21-13-22-58-56/h3,9,15-16,18-19,26-28,33,36,41,62-63H,1,10-14,17,20-25,29-30H2,2,4-8H3,(H2,57,58,59)/t33-,36+,41-/m0/s1. The second-order valence-corrected chi connectivity index (χ2v) is 21.5. The number of esters is 1. The van der Waals surface area contributed by atoms with E-state index in [4.69, 9.17) is 26.4 Å². The Morgan fingerprint density at radius 3 is 2.39 bits per heavy atom. The number of ether oxygens (including phenoxy) is 2. The monoisotopic (exact) mass is 1020 g/mol. The van der Waals surface area contributed by atoms with Crippen molar-refractivity contribution in [2.24, 2.45) is 10.9 Å².